The zero-order chi connectivity index (χ0) is 18.8. The van der Waals surface area contributed by atoms with Gasteiger partial charge in [0.05, 0.1) is 0 Å². The Kier molecular flexibility index (Phi) is 5.28. The molecule has 1 aliphatic carbocycles. The Balaban J connectivity index is 2.10. The molecule has 3 aromatic rings. The molecule has 2 heteroatoms. The summed E-state index contributed by atoms with van der Waals surface area (Å²) >= 11 is 4.64. The van der Waals surface area contributed by atoms with Crippen LogP contribution in [0.5, 0.6) is 0 Å². The van der Waals surface area contributed by atoms with Gasteiger partial charge in [0.15, 0.2) is 0 Å². The fourth-order valence-corrected chi connectivity index (χ4v) is 14.2. The van der Waals surface area contributed by atoms with Crippen LogP contribution in [0.15, 0.2) is 91.0 Å². The number of rotatable bonds is 4. The van der Waals surface area contributed by atoms with E-state index < -0.39 is 5.31 Å². The van der Waals surface area contributed by atoms with Crippen molar-refractivity contribution >= 4 is 36.7 Å². The first kappa shape index (κ1) is 18.9. The van der Waals surface area contributed by atoms with E-state index >= 15 is 0 Å². The molecule has 0 radical (unpaired) electrons. The maximum atomic E-state index is 4.64. The Bertz CT molecular complexity index is 777. The molecule has 0 nitrogen and oxygen atoms in total. The molecule has 0 N–H and O–H groups in total. The first-order valence-corrected chi connectivity index (χ1v) is 14.4. The number of halogens is 1. The molecule has 1 fully saturated rings. The van der Waals surface area contributed by atoms with Gasteiger partial charge in [0.2, 0.25) is 0 Å². The van der Waals surface area contributed by atoms with Crippen molar-refractivity contribution in [2.75, 3.05) is 0 Å². The van der Waals surface area contributed by atoms with Crippen LogP contribution < -0.4 is 15.9 Å². The third-order valence-electron chi connectivity index (χ3n) is 6.38. The Hall–Kier alpha value is -1.43. The van der Waals surface area contributed by atoms with E-state index in [9.17, 15) is 0 Å². The molecule has 1 aliphatic rings. The van der Waals surface area contributed by atoms with E-state index in [4.69, 9.17) is 0 Å². The Morgan fingerprint density at radius 1 is 0.667 bits per heavy atom. The molecule has 0 aromatic heterocycles. The molecular weight excluding hydrogens is 411 g/mol. The molecular formula is C25H28BrP. The first-order valence-electron chi connectivity index (χ1n) is 10.0. The standard InChI is InChI=1S/C25H28BrP/c1-21-12-11-19-25(20-21)27(26,22-13-5-2-6-14-22,23-15-7-3-8-16-23)24-17-9-4-10-18-24/h2-10,13-18,21,25H,11-12,19-20H2,1H3. The van der Waals surface area contributed by atoms with E-state index in [0.29, 0.717) is 5.66 Å². The molecule has 0 heterocycles. The van der Waals surface area contributed by atoms with Gasteiger partial charge < -0.3 is 0 Å². The van der Waals surface area contributed by atoms with Crippen LogP contribution in [0.25, 0.3) is 0 Å². The van der Waals surface area contributed by atoms with Crippen molar-refractivity contribution in [2.24, 2.45) is 5.92 Å². The van der Waals surface area contributed by atoms with E-state index in [2.05, 4.69) is 113 Å². The predicted octanol–water partition coefficient (Wildman–Crippen LogP) is 6.40. The van der Waals surface area contributed by atoms with Gasteiger partial charge in [-0.15, -0.1) is 0 Å². The summed E-state index contributed by atoms with van der Waals surface area (Å²) in [6.07, 6.45) is 5.24. The third kappa shape index (κ3) is 3.00. The van der Waals surface area contributed by atoms with Crippen LogP contribution in [0.3, 0.4) is 0 Å². The van der Waals surface area contributed by atoms with Crippen molar-refractivity contribution in [3.63, 3.8) is 0 Å². The van der Waals surface area contributed by atoms with Gasteiger partial charge in [-0.05, 0) is 0 Å². The molecule has 0 saturated heterocycles. The van der Waals surface area contributed by atoms with Crippen LogP contribution in [0.2, 0.25) is 0 Å². The molecule has 4 rings (SSSR count). The summed E-state index contributed by atoms with van der Waals surface area (Å²) in [5.74, 6) is 0.777. The minimum absolute atomic E-state index is 0.618. The second kappa shape index (κ2) is 7.53. The fraction of sp³-hybridized carbons (Fsp3) is 0.280. The van der Waals surface area contributed by atoms with Crippen LogP contribution in [0, 0.1) is 5.92 Å². The summed E-state index contributed by atoms with van der Waals surface area (Å²) in [4.78, 5) is 0. The van der Waals surface area contributed by atoms with Gasteiger partial charge in [-0.25, -0.2) is 0 Å². The van der Waals surface area contributed by atoms with E-state index in [0.717, 1.165) is 5.92 Å². The van der Waals surface area contributed by atoms with Crippen molar-refractivity contribution in [2.45, 2.75) is 38.3 Å². The topological polar surface area (TPSA) is 0 Å². The van der Waals surface area contributed by atoms with E-state index in [-0.39, 0.29) is 0 Å². The number of benzene rings is 3. The molecule has 2 unspecified atom stereocenters. The SMILES string of the molecule is CC1CCCC(P(Br)(c2ccccc2)(c2ccccc2)c2ccccc2)C1. The number of hydrogen-bond donors (Lipinski definition) is 0. The van der Waals surface area contributed by atoms with Gasteiger partial charge in [0.1, 0.15) is 0 Å². The first-order chi connectivity index (χ1) is 13.1. The van der Waals surface area contributed by atoms with Crippen LogP contribution in [0.4, 0.5) is 0 Å². The summed E-state index contributed by atoms with van der Waals surface area (Å²) in [5.41, 5.74) is 0.618. The van der Waals surface area contributed by atoms with Crippen molar-refractivity contribution in [3.8, 4) is 0 Å². The van der Waals surface area contributed by atoms with Gasteiger partial charge in [-0.1, -0.05) is 0 Å². The van der Waals surface area contributed by atoms with Crippen molar-refractivity contribution in [1.29, 1.82) is 0 Å². The monoisotopic (exact) mass is 438 g/mol. The normalized spacial score (nSPS) is 21.9. The average molecular weight is 439 g/mol. The maximum absolute atomic E-state index is 4.64. The summed E-state index contributed by atoms with van der Waals surface area (Å²) in [6.45, 7) is 2.43. The van der Waals surface area contributed by atoms with Crippen molar-refractivity contribution in [3.05, 3.63) is 91.0 Å². The minimum atomic E-state index is -2.77. The van der Waals surface area contributed by atoms with Crippen LogP contribution >= 0.6 is 20.8 Å². The molecule has 27 heavy (non-hydrogen) atoms. The Morgan fingerprint density at radius 3 is 1.44 bits per heavy atom. The fourth-order valence-electron chi connectivity index (χ4n) is 5.08. The van der Waals surface area contributed by atoms with Crippen molar-refractivity contribution < 1.29 is 0 Å². The molecule has 0 spiro atoms. The molecule has 140 valence electrons. The van der Waals surface area contributed by atoms with E-state index in [1.165, 1.54) is 41.6 Å². The number of hydrogen-bond acceptors (Lipinski definition) is 0. The van der Waals surface area contributed by atoms with Gasteiger partial charge >= 0.3 is 172 Å². The average Bonchev–Trinajstić information content (AvgIpc) is 2.75. The molecule has 0 aliphatic heterocycles. The predicted molar refractivity (Wildman–Crippen MR) is 125 cm³/mol. The van der Waals surface area contributed by atoms with Gasteiger partial charge in [-0.3, -0.25) is 0 Å². The van der Waals surface area contributed by atoms with E-state index in [1.807, 2.05) is 0 Å². The summed E-state index contributed by atoms with van der Waals surface area (Å²) in [7, 11) is 0. The molecule has 2 atom stereocenters. The van der Waals surface area contributed by atoms with Crippen LogP contribution in [-0.4, -0.2) is 5.66 Å². The molecule has 0 amide bonds. The van der Waals surface area contributed by atoms with E-state index in [1.54, 1.807) is 0 Å². The van der Waals surface area contributed by atoms with Gasteiger partial charge in [0, 0.05) is 0 Å². The third-order valence-corrected chi connectivity index (χ3v) is 17.6. The molecule has 3 aromatic carbocycles. The second-order valence-electron chi connectivity index (χ2n) is 8.01. The molecule has 0 bridgehead atoms. The van der Waals surface area contributed by atoms with Crippen LogP contribution in [-0.2, 0) is 0 Å². The van der Waals surface area contributed by atoms with Gasteiger partial charge in [-0.2, -0.15) is 0 Å². The summed E-state index contributed by atoms with van der Waals surface area (Å²) < 4.78 is 0. The second-order valence-corrected chi connectivity index (χ2v) is 16.9. The summed E-state index contributed by atoms with van der Waals surface area (Å²) in [5, 5.41) is 1.60. The zero-order valence-electron chi connectivity index (χ0n) is 16.0. The Morgan fingerprint density at radius 2 is 1.07 bits per heavy atom. The molecule has 1 saturated carbocycles. The van der Waals surface area contributed by atoms with Gasteiger partial charge in [0.25, 0.3) is 0 Å². The quantitative estimate of drug-likeness (QED) is 0.413. The zero-order valence-corrected chi connectivity index (χ0v) is 18.4. The van der Waals surface area contributed by atoms with Crippen molar-refractivity contribution in [1.82, 2.24) is 0 Å². The van der Waals surface area contributed by atoms with Crippen LogP contribution in [0.1, 0.15) is 32.6 Å². The Labute approximate surface area is 171 Å². The summed E-state index contributed by atoms with van der Waals surface area (Å²) in [6, 6.07) is 33.8.